The van der Waals surface area contributed by atoms with Crippen LogP contribution in [0.2, 0.25) is 0 Å². The van der Waals surface area contributed by atoms with Crippen molar-refractivity contribution in [3.8, 4) is 11.3 Å². The molecule has 104 valence electrons. The largest absolute Gasteiger partial charge is 0.383 e. The fourth-order valence-corrected chi connectivity index (χ4v) is 2.45. The van der Waals surface area contributed by atoms with Gasteiger partial charge in [0.15, 0.2) is 0 Å². The highest BCUT2D eigenvalue weighted by molar-refractivity contribution is 5.72. The Morgan fingerprint density at radius 2 is 2.00 bits per heavy atom. The molecule has 0 bridgehead atoms. The Bertz CT molecular complexity index is 577. The zero-order chi connectivity index (χ0) is 14.2. The Labute approximate surface area is 114 Å². The molecule has 0 aliphatic rings. The maximum absolute atomic E-state index is 6.28. The summed E-state index contributed by atoms with van der Waals surface area (Å²) in [5.74, 6) is 2.15. The second kappa shape index (κ2) is 5.07. The van der Waals surface area contributed by atoms with E-state index in [0.717, 1.165) is 41.6 Å². The molecule has 2 rings (SSSR count). The van der Waals surface area contributed by atoms with E-state index in [4.69, 9.17) is 10.7 Å². The number of nitrogens with two attached hydrogens (primary N) is 1. The lowest BCUT2D eigenvalue weighted by atomic mass is 10.1. The lowest BCUT2D eigenvalue weighted by Crippen LogP contribution is -2.06. The van der Waals surface area contributed by atoms with Crippen LogP contribution in [0.5, 0.6) is 0 Å². The van der Waals surface area contributed by atoms with Gasteiger partial charge in [0.2, 0.25) is 0 Å². The minimum atomic E-state index is 0.359. The highest BCUT2D eigenvalue weighted by atomic mass is 15.3. The maximum Gasteiger partial charge on any atom is 0.131 e. The molecule has 0 spiro atoms. The van der Waals surface area contributed by atoms with E-state index in [9.17, 15) is 0 Å². The van der Waals surface area contributed by atoms with Crippen LogP contribution in [-0.4, -0.2) is 19.3 Å². The van der Waals surface area contributed by atoms with Crippen molar-refractivity contribution >= 4 is 5.82 Å². The van der Waals surface area contributed by atoms with Crippen molar-refractivity contribution in [2.45, 2.75) is 46.6 Å². The summed E-state index contributed by atoms with van der Waals surface area (Å²) in [6.45, 7) is 9.32. The minimum absolute atomic E-state index is 0.359. The number of rotatable bonds is 4. The first-order valence-corrected chi connectivity index (χ1v) is 6.88. The average Bonchev–Trinajstić information content (AvgIpc) is 2.89. The van der Waals surface area contributed by atoms with Gasteiger partial charge in [-0.1, -0.05) is 20.8 Å². The molecule has 0 radical (unpaired) electrons. The van der Waals surface area contributed by atoms with Gasteiger partial charge in [0.1, 0.15) is 17.3 Å². The lowest BCUT2D eigenvalue weighted by Gasteiger charge is -2.08. The fraction of sp³-hybridized carbons (Fsp3) is 0.571. The highest BCUT2D eigenvalue weighted by Gasteiger charge is 2.20. The van der Waals surface area contributed by atoms with Gasteiger partial charge in [0.05, 0.1) is 5.69 Å². The van der Waals surface area contributed by atoms with Crippen molar-refractivity contribution in [3.05, 3.63) is 17.7 Å². The number of nitrogens with zero attached hydrogens (tertiary/aromatic N) is 4. The van der Waals surface area contributed by atoms with E-state index in [-0.39, 0.29) is 0 Å². The van der Waals surface area contributed by atoms with Crippen LogP contribution in [0, 0.1) is 0 Å². The van der Waals surface area contributed by atoms with Crippen molar-refractivity contribution in [2.75, 3.05) is 5.73 Å². The van der Waals surface area contributed by atoms with Crippen LogP contribution in [0.1, 0.15) is 45.1 Å². The van der Waals surface area contributed by atoms with E-state index < -0.39 is 0 Å². The molecule has 0 aliphatic carbocycles. The number of hydrogen-bond donors (Lipinski definition) is 1. The summed E-state index contributed by atoms with van der Waals surface area (Å²) < 4.78 is 3.92. The third-order valence-electron chi connectivity index (χ3n) is 3.36. The van der Waals surface area contributed by atoms with Crippen LogP contribution in [-0.2, 0) is 20.0 Å². The monoisotopic (exact) mass is 261 g/mol. The summed E-state index contributed by atoms with van der Waals surface area (Å²) in [6.07, 6.45) is 2.88. The summed E-state index contributed by atoms with van der Waals surface area (Å²) in [4.78, 5) is 4.76. The van der Waals surface area contributed by atoms with Gasteiger partial charge in [-0.25, -0.2) is 4.98 Å². The molecule has 2 aromatic rings. The van der Waals surface area contributed by atoms with E-state index in [2.05, 4.69) is 37.4 Å². The molecular formula is C14H23N5. The normalized spacial score (nSPS) is 11.5. The Morgan fingerprint density at radius 1 is 1.32 bits per heavy atom. The first kappa shape index (κ1) is 13.6. The molecule has 2 aromatic heterocycles. The molecule has 0 amide bonds. The average molecular weight is 261 g/mol. The summed E-state index contributed by atoms with van der Waals surface area (Å²) in [6, 6.07) is 0. The molecule has 0 saturated heterocycles. The van der Waals surface area contributed by atoms with Crippen molar-refractivity contribution in [1.29, 1.82) is 0 Å². The summed E-state index contributed by atoms with van der Waals surface area (Å²) in [7, 11) is 1.93. The van der Waals surface area contributed by atoms with E-state index >= 15 is 0 Å². The molecule has 0 fully saturated rings. The van der Waals surface area contributed by atoms with Crippen molar-refractivity contribution in [3.63, 3.8) is 0 Å². The van der Waals surface area contributed by atoms with Gasteiger partial charge in [-0.05, 0) is 13.3 Å². The minimum Gasteiger partial charge on any atom is -0.383 e. The van der Waals surface area contributed by atoms with Gasteiger partial charge in [0, 0.05) is 31.3 Å². The van der Waals surface area contributed by atoms with Crippen LogP contribution in [0.3, 0.4) is 0 Å². The maximum atomic E-state index is 6.28. The highest BCUT2D eigenvalue weighted by Crippen LogP contribution is 2.31. The van der Waals surface area contributed by atoms with Crippen LogP contribution >= 0.6 is 0 Å². The summed E-state index contributed by atoms with van der Waals surface area (Å²) >= 11 is 0. The predicted octanol–water partition coefficient (Wildman–Crippen LogP) is 2.57. The molecule has 0 aliphatic heterocycles. The zero-order valence-electron chi connectivity index (χ0n) is 12.4. The number of hydrogen-bond acceptors (Lipinski definition) is 3. The number of imidazole rings is 1. The number of aryl methyl sites for hydroxylation is 2. The quantitative estimate of drug-likeness (QED) is 0.920. The predicted molar refractivity (Wildman–Crippen MR) is 78.0 cm³/mol. The van der Waals surface area contributed by atoms with Crippen molar-refractivity contribution in [1.82, 2.24) is 19.3 Å². The van der Waals surface area contributed by atoms with Crippen LogP contribution in [0.4, 0.5) is 5.82 Å². The zero-order valence-corrected chi connectivity index (χ0v) is 12.4. The molecule has 0 atom stereocenters. The van der Waals surface area contributed by atoms with Crippen molar-refractivity contribution in [2.24, 2.45) is 7.05 Å². The Hall–Kier alpha value is -1.78. The Morgan fingerprint density at radius 3 is 2.47 bits per heavy atom. The summed E-state index contributed by atoms with van der Waals surface area (Å²) in [5.41, 5.74) is 9.25. The van der Waals surface area contributed by atoms with Crippen LogP contribution in [0.25, 0.3) is 11.3 Å². The smallest absolute Gasteiger partial charge is 0.131 e. The van der Waals surface area contributed by atoms with Gasteiger partial charge in [0.25, 0.3) is 0 Å². The van der Waals surface area contributed by atoms with Crippen LogP contribution in [0.15, 0.2) is 6.20 Å². The third kappa shape index (κ3) is 2.25. The Balaban J connectivity index is 2.62. The second-order valence-corrected chi connectivity index (χ2v) is 5.12. The van der Waals surface area contributed by atoms with Crippen molar-refractivity contribution < 1.29 is 0 Å². The van der Waals surface area contributed by atoms with Gasteiger partial charge in [-0.15, -0.1) is 0 Å². The molecule has 5 nitrogen and oxygen atoms in total. The van der Waals surface area contributed by atoms with E-state index in [0.29, 0.717) is 5.92 Å². The van der Waals surface area contributed by atoms with Gasteiger partial charge < -0.3 is 10.3 Å². The SMILES string of the molecule is CCc1nn(C)cc1-c1nc(C(C)C)n(CC)c1N. The molecule has 0 saturated carbocycles. The fourth-order valence-electron chi connectivity index (χ4n) is 2.45. The lowest BCUT2D eigenvalue weighted by molar-refractivity contribution is 0.658. The first-order chi connectivity index (χ1) is 8.99. The molecule has 2 heterocycles. The van der Waals surface area contributed by atoms with Gasteiger partial charge in [-0.3, -0.25) is 4.68 Å². The molecule has 19 heavy (non-hydrogen) atoms. The molecule has 2 N–H and O–H groups in total. The number of anilines is 1. The number of aromatic nitrogens is 4. The Kier molecular flexibility index (Phi) is 3.64. The van der Waals surface area contributed by atoms with E-state index in [1.54, 1.807) is 0 Å². The second-order valence-electron chi connectivity index (χ2n) is 5.12. The molecular weight excluding hydrogens is 238 g/mol. The molecule has 0 unspecified atom stereocenters. The topological polar surface area (TPSA) is 61.7 Å². The third-order valence-corrected chi connectivity index (χ3v) is 3.36. The van der Waals surface area contributed by atoms with E-state index in [1.807, 2.05) is 17.9 Å². The number of nitrogen functional groups attached to an aromatic ring is 1. The van der Waals surface area contributed by atoms with Crippen LogP contribution < -0.4 is 5.73 Å². The molecule has 5 heteroatoms. The summed E-state index contributed by atoms with van der Waals surface area (Å²) in [5, 5.41) is 4.47. The van der Waals surface area contributed by atoms with E-state index in [1.165, 1.54) is 0 Å². The standard InChI is InChI=1S/C14H23N5/c1-6-11-10(8-18(5)17-11)12-13(15)19(7-2)14(16-12)9(3)4/h8-9H,6-7,15H2,1-5H3. The van der Waals surface area contributed by atoms with Gasteiger partial charge in [-0.2, -0.15) is 5.10 Å². The van der Waals surface area contributed by atoms with Gasteiger partial charge >= 0.3 is 0 Å². The molecule has 0 aromatic carbocycles. The first-order valence-electron chi connectivity index (χ1n) is 6.88.